The Hall–Kier alpha value is -4.46. The van der Waals surface area contributed by atoms with Crippen LogP contribution in [0, 0.1) is 0 Å². The van der Waals surface area contributed by atoms with Gasteiger partial charge in [-0.3, -0.25) is 4.90 Å². The maximum Gasteiger partial charge on any atom is 0.0541 e. The zero-order valence-corrected chi connectivity index (χ0v) is 25.7. The fourth-order valence-electron chi connectivity index (χ4n) is 7.14. The molecule has 3 N–H and O–H groups in total. The molecule has 7 aromatic rings. The van der Waals surface area contributed by atoms with Gasteiger partial charge in [0.25, 0.3) is 0 Å². The molecule has 0 aliphatic carbocycles. The number of para-hydroxylation sites is 4. The Morgan fingerprint density at radius 1 is 0.422 bits per heavy atom. The van der Waals surface area contributed by atoms with E-state index in [1.54, 1.807) is 0 Å². The van der Waals surface area contributed by atoms with Crippen molar-refractivity contribution in [2.75, 3.05) is 52.4 Å². The third-order valence-electron chi connectivity index (χ3n) is 9.21. The fourth-order valence-corrected chi connectivity index (χ4v) is 7.14. The first-order chi connectivity index (χ1) is 22.3. The van der Waals surface area contributed by atoms with E-state index in [2.05, 4.69) is 145 Å². The van der Waals surface area contributed by atoms with Gasteiger partial charge in [0.05, 0.1) is 22.1 Å². The minimum atomic E-state index is 0.886. The van der Waals surface area contributed by atoms with E-state index in [9.17, 15) is 0 Å². The number of aromatic nitrogens is 2. The molecule has 0 saturated carbocycles. The first-order valence-electron chi connectivity index (χ1n) is 16.3. The summed E-state index contributed by atoms with van der Waals surface area (Å²) < 4.78 is 4.91. The summed E-state index contributed by atoms with van der Waals surface area (Å²) in [5.41, 5.74) is 8.64. The van der Waals surface area contributed by atoms with Crippen LogP contribution in [0.4, 0.5) is 0 Å². The number of hydrogen-bond donors (Lipinski definition) is 3. The van der Waals surface area contributed by atoms with Crippen molar-refractivity contribution < 1.29 is 0 Å². The molecular weight excluding hydrogens is 552 g/mol. The SMILES string of the molecule is c1ccc2c(c1)c1ccccc1n2-c1cc(CN2CCNCCNCCNCC2)cc(-n2c3ccccc3c3ccccc32)c1. The molecule has 0 unspecified atom stereocenters. The molecule has 1 fully saturated rings. The smallest absolute Gasteiger partial charge is 0.0541 e. The van der Waals surface area contributed by atoms with Gasteiger partial charge in [-0.05, 0) is 48.0 Å². The monoisotopic (exact) mass is 592 g/mol. The van der Waals surface area contributed by atoms with Gasteiger partial charge in [-0.15, -0.1) is 0 Å². The Morgan fingerprint density at radius 3 is 1.18 bits per heavy atom. The number of benzene rings is 5. The van der Waals surface area contributed by atoms with Crippen molar-refractivity contribution in [2.24, 2.45) is 0 Å². The highest BCUT2D eigenvalue weighted by Crippen LogP contribution is 2.36. The summed E-state index contributed by atoms with van der Waals surface area (Å²) in [6.07, 6.45) is 0. The van der Waals surface area contributed by atoms with Crippen molar-refractivity contribution in [3.8, 4) is 11.4 Å². The second kappa shape index (κ2) is 12.5. The van der Waals surface area contributed by atoms with Crippen molar-refractivity contribution in [1.29, 1.82) is 0 Å². The maximum absolute atomic E-state index is 3.63. The van der Waals surface area contributed by atoms with Gasteiger partial charge in [0.2, 0.25) is 0 Å². The average Bonchev–Trinajstić information content (AvgIpc) is 3.59. The quantitative estimate of drug-likeness (QED) is 0.220. The second-order valence-corrected chi connectivity index (χ2v) is 12.1. The van der Waals surface area contributed by atoms with Gasteiger partial charge in [0.1, 0.15) is 0 Å². The molecule has 45 heavy (non-hydrogen) atoms. The minimum Gasteiger partial charge on any atom is -0.314 e. The highest BCUT2D eigenvalue weighted by atomic mass is 15.2. The van der Waals surface area contributed by atoms with Gasteiger partial charge in [-0.1, -0.05) is 72.8 Å². The van der Waals surface area contributed by atoms with Gasteiger partial charge in [-0.2, -0.15) is 0 Å². The number of nitrogens with zero attached hydrogens (tertiary/aromatic N) is 3. The first kappa shape index (κ1) is 28.0. The summed E-state index contributed by atoms with van der Waals surface area (Å²) >= 11 is 0. The van der Waals surface area contributed by atoms with Crippen molar-refractivity contribution in [3.63, 3.8) is 0 Å². The molecule has 6 nitrogen and oxygen atoms in total. The molecule has 0 spiro atoms. The molecule has 1 aliphatic rings. The third kappa shape index (κ3) is 5.40. The Bertz CT molecular complexity index is 1850. The van der Waals surface area contributed by atoms with Crippen LogP contribution in [0.1, 0.15) is 5.56 Å². The van der Waals surface area contributed by atoms with E-state index in [1.165, 1.54) is 60.5 Å². The van der Waals surface area contributed by atoms with Crippen LogP contribution in [-0.2, 0) is 6.54 Å². The Labute approximate surface area is 264 Å². The second-order valence-electron chi connectivity index (χ2n) is 12.1. The number of fused-ring (bicyclic) bond motifs is 6. The lowest BCUT2D eigenvalue weighted by Gasteiger charge is -2.25. The van der Waals surface area contributed by atoms with E-state index in [4.69, 9.17) is 0 Å². The van der Waals surface area contributed by atoms with Crippen LogP contribution in [-0.4, -0.2) is 66.4 Å². The normalized spacial score (nSPS) is 15.9. The van der Waals surface area contributed by atoms with Crippen molar-refractivity contribution in [2.45, 2.75) is 6.54 Å². The summed E-state index contributed by atoms with van der Waals surface area (Å²) in [6.45, 7) is 8.86. The molecule has 5 aromatic carbocycles. The van der Waals surface area contributed by atoms with E-state index in [0.29, 0.717) is 0 Å². The van der Waals surface area contributed by atoms with Gasteiger partial charge in [0.15, 0.2) is 0 Å². The molecule has 8 rings (SSSR count). The average molecular weight is 593 g/mol. The molecule has 3 heterocycles. The van der Waals surface area contributed by atoms with Crippen LogP contribution in [0.15, 0.2) is 115 Å². The fraction of sp³-hybridized carbons (Fsp3) is 0.231. The minimum absolute atomic E-state index is 0.886. The van der Waals surface area contributed by atoms with E-state index >= 15 is 0 Å². The van der Waals surface area contributed by atoms with Gasteiger partial charge < -0.3 is 25.1 Å². The summed E-state index contributed by atoms with van der Waals surface area (Å²) in [6, 6.07) is 42.4. The predicted octanol–water partition coefficient (Wildman–Crippen LogP) is 6.47. The Morgan fingerprint density at radius 2 is 0.778 bits per heavy atom. The van der Waals surface area contributed by atoms with E-state index in [0.717, 1.165) is 58.9 Å². The lowest BCUT2D eigenvalue weighted by atomic mass is 10.1. The first-order valence-corrected chi connectivity index (χ1v) is 16.3. The van der Waals surface area contributed by atoms with Crippen LogP contribution in [0.3, 0.4) is 0 Å². The van der Waals surface area contributed by atoms with Crippen LogP contribution in [0.5, 0.6) is 0 Å². The van der Waals surface area contributed by atoms with Gasteiger partial charge in [0, 0.05) is 91.8 Å². The highest BCUT2D eigenvalue weighted by molar-refractivity contribution is 6.10. The van der Waals surface area contributed by atoms with E-state index in [-0.39, 0.29) is 0 Å². The van der Waals surface area contributed by atoms with E-state index < -0.39 is 0 Å². The Kier molecular flexibility index (Phi) is 7.79. The third-order valence-corrected chi connectivity index (χ3v) is 9.21. The topological polar surface area (TPSA) is 49.2 Å². The molecule has 226 valence electrons. The van der Waals surface area contributed by atoms with Crippen molar-refractivity contribution in [1.82, 2.24) is 30.0 Å². The standard InChI is InChI=1S/C39H40N6/c1-5-13-36-32(9-1)33-10-2-6-14-37(33)44(36)30-25-29(28-43-23-21-41-19-17-40-18-20-42-22-24-43)26-31(27-30)45-38-15-7-3-11-34(38)35-12-4-8-16-39(35)45/h1-16,25-27,40-42H,17-24,28H2. The summed E-state index contributed by atoms with van der Waals surface area (Å²) in [5, 5.41) is 15.9. The molecular formula is C39H40N6. The molecule has 1 saturated heterocycles. The van der Waals surface area contributed by atoms with E-state index in [1.807, 2.05) is 0 Å². The zero-order chi connectivity index (χ0) is 30.0. The van der Waals surface area contributed by atoms with Crippen LogP contribution in [0.2, 0.25) is 0 Å². The highest BCUT2D eigenvalue weighted by Gasteiger charge is 2.17. The summed E-state index contributed by atoms with van der Waals surface area (Å²) in [4.78, 5) is 2.59. The molecule has 2 aromatic heterocycles. The zero-order valence-electron chi connectivity index (χ0n) is 25.7. The maximum atomic E-state index is 3.63. The van der Waals surface area contributed by atoms with Crippen molar-refractivity contribution in [3.05, 3.63) is 121 Å². The van der Waals surface area contributed by atoms with Crippen LogP contribution < -0.4 is 16.0 Å². The summed E-state index contributed by atoms with van der Waals surface area (Å²) in [5.74, 6) is 0. The molecule has 0 radical (unpaired) electrons. The van der Waals surface area contributed by atoms with Crippen LogP contribution >= 0.6 is 0 Å². The molecule has 0 atom stereocenters. The predicted molar refractivity (Wildman–Crippen MR) is 189 cm³/mol. The lowest BCUT2D eigenvalue weighted by molar-refractivity contribution is 0.263. The largest absolute Gasteiger partial charge is 0.314 e. The number of nitrogens with one attached hydrogen (secondary N) is 3. The lowest BCUT2D eigenvalue weighted by Crippen LogP contribution is -2.41. The van der Waals surface area contributed by atoms with Crippen LogP contribution in [0.25, 0.3) is 55.0 Å². The van der Waals surface area contributed by atoms with Crippen molar-refractivity contribution >= 4 is 43.6 Å². The van der Waals surface area contributed by atoms with Gasteiger partial charge in [-0.25, -0.2) is 0 Å². The Balaban J connectivity index is 1.31. The number of hydrogen-bond acceptors (Lipinski definition) is 4. The molecule has 0 amide bonds. The molecule has 6 heteroatoms. The molecule has 0 bridgehead atoms. The number of rotatable bonds is 4. The van der Waals surface area contributed by atoms with Gasteiger partial charge >= 0.3 is 0 Å². The summed E-state index contributed by atoms with van der Waals surface area (Å²) in [7, 11) is 0. The molecule has 1 aliphatic heterocycles.